The fourth-order valence-corrected chi connectivity index (χ4v) is 6.50. The first-order valence-electron chi connectivity index (χ1n) is 13.9. The number of piperidine rings is 1. The Morgan fingerprint density at radius 3 is 2.51 bits per heavy atom. The van der Waals surface area contributed by atoms with Gasteiger partial charge < -0.3 is 19.7 Å². The highest BCUT2D eigenvalue weighted by Crippen LogP contribution is 2.51. The number of hydrogen-bond donors (Lipinski definition) is 1. The van der Waals surface area contributed by atoms with Gasteiger partial charge in [-0.25, -0.2) is 0 Å². The summed E-state index contributed by atoms with van der Waals surface area (Å²) in [6, 6.07) is 14.3. The summed E-state index contributed by atoms with van der Waals surface area (Å²) in [5, 5.41) is 3.53. The number of nitrogens with zero attached hydrogens (tertiary/aromatic N) is 2. The zero-order valence-electron chi connectivity index (χ0n) is 22.6. The molecule has 2 saturated heterocycles. The Kier molecular flexibility index (Phi) is 8.49. The molecule has 0 radical (unpaired) electrons. The summed E-state index contributed by atoms with van der Waals surface area (Å²) in [5.74, 6) is 0.125. The van der Waals surface area contributed by atoms with Crippen LogP contribution in [0.1, 0.15) is 61.4 Å². The zero-order valence-corrected chi connectivity index (χ0v) is 22.6. The van der Waals surface area contributed by atoms with Gasteiger partial charge in [-0.15, -0.1) is 0 Å². The molecule has 4 atom stereocenters. The molecule has 0 aliphatic carbocycles. The molecule has 0 bridgehead atoms. The largest absolute Gasteiger partial charge is 0.416 e. The number of rotatable bonds is 7. The van der Waals surface area contributed by atoms with Gasteiger partial charge in [-0.2, -0.15) is 13.2 Å². The Hall–Kier alpha value is -2.62. The van der Waals surface area contributed by atoms with E-state index < -0.39 is 17.8 Å². The standard InChI is InChI=1S/C30H38F3N3O3/c1-20(37)35-14-12-23(13-15-35)36(16-17-38-2)19-24-9-10-25-28(21-6-4-3-5-7-21)34-27-11-8-22(30(31,32)33)18-26(27)29(25)39-24/h3-8,11,18,23-25,28-29,34H,9-10,12-17,19H2,1-2H3/t24-,25+,28+,29+/m1/s1. The second-order valence-corrected chi connectivity index (χ2v) is 11.0. The van der Waals surface area contributed by atoms with E-state index in [2.05, 4.69) is 22.3 Å². The highest BCUT2D eigenvalue weighted by atomic mass is 19.4. The molecule has 1 N–H and O–H groups in total. The lowest BCUT2D eigenvalue weighted by atomic mass is 9.76. The summed E-state index contributed by atoms with van der Waals surface area (Å²) in [5.41, 5.74) is 1.75. The summed E-state index contributed by atoms with van der Waals surface area (Å²) in [4.78, 5) is 16.1. The van der Waals surface area contributed by atoms with E-state index >= 15 is 0 Å². The Bertz CT molecular complexity index is 1120. The normalized spacial score (nSPS) is 25.6. The topological polar surface area (TPSA) is 54.0 Å². The fourth-order valence-electron chi connectivity index (χ4n) is 6.50. The van der Waals surface area contributed by atoms with E-state index in [0.717, 1.165) is 56.9 Å². The maximum atomic E-state index is 13.7. The van der Waals surface area contributed by atoms with Crippen molar-refractivity contribution in [2.75, 3.05) is 45.2 Å². The van der Waals surface area contributed by atoms with Crippen LogP contribution < -0.4 is 5.32 Å². The Balaban J connectivity index is 1.38. The van der Waals surface area contributed by atoms with Crippen LogP contribution in [-0.4, -0.2) is 67.7 Å². The van der Waals surface area contributed by atoms with Crippen LogP contribution in [0.4, 0.5) is 18.9 Å². The van der Waals surface area contributed by atoms with Gasteiger partial charge in [-0.1, -0.05) is 30.3 Å². The Labute approximate surface area is 228 Å². The monoisotopic (exact) mass is 545 g/mol. The van der Waals surface area contributed by atoms with Gasteiger partial charge in [0.1, 0.15) is 0 Å². The molecule has 6 nitrogen and oxygen atoms in total. The lowest BCUT2D eigenvalue weighted by molar-refractivity contribution is -0.138. The predicted molar refractivity (Wildman–Crippen MR) is 143 cm³/mol. The van der Waals surface area contributed by atoms with Gasteiger partial charge in [0.15, 0.2) is 0 Å². The van der Waals surface area contributed by atoms with E-state index in [4.69, 9.17) is 9.47 Å². The third-order valence-electron chi connectivity index (χ3n) is 8.58. The van der Waals surface area contributed by atoms with E-state index in [1.807, 2.05) is 23.1 Å². The molecule has 1 amide bonds. The van der Waals surface area contributed by atoms with Gasteiger partial charge in [0.05, 0.1) is 30.4 Å². The average molecular weight is 546 g/mol. The number of benzene rings is 2. The quantitative estimate of drug-likeness (QED) is 0.486. The minimum absolute atomic E-state index is 0.0193. The number of likely N-dealkylation sites (tertiary alicyclic amines) is 1. The minimum atomic E-state index is -4.42. The van der Waals surface area contributed by atoms with Crippen molar-refractivity contribution < 1.29 is 27.4 Å². The van der Waals surface area contributed by atoms with Crippen molar-refractivity contribution in [3.8, 4) is 0 Å². The second-order valence-electron chi connectivity index (χ2n) is 11.0. The van der Waals surface area contributed by atoms with Gasteiger partial charge in [0.25, 0.3) is 0 Å². The van der Waals surface area contributed by atoms with Gasteiger partial charge >= 0.3 is 6.18 Å². The van der Waals surface area contributed by atoms with Crippen molar-refractivity contribution in [1.29, 1.82) is 0 Å². The lowest BCUT2D eigenvalue weighted by Crippen LogP contribution is -2.50. The number of methoxy groups -OCH3 is 1. The van der Waals surface area contributed by atoms with Crippen molar-refractivity contribution in [3.63, 3.8) is 0 Å². The molecule has 212 valence electrons. The summed E-state index contributed by atoms with van der Waals surface area (Å²) >= 11 is 0. The smallest absolute Gasteiger partial charge is 0.383 e. The number of carbonyl (C=O) groups excluding carboxylic acids is 1. The van der Waals surface area contributed by atoms with Crippen LogP contribution in [0.15, 0.2) is 48.5 Å². The maximum absolute atomic E-state index is 13.7. The summed E-state index contributed by atoms with van der Waals surface area (Å²) in [7, 11) is 1.69. The van der Waals surface area contributed by atoms with Crippen molar-refractivity contribution in [1.82, 2.24) is 9.80 Å². The summed E-state index contributed by atoms with van der Waals surface area (Å²) in [6.07, 6.45) is -1.50. The number of amides is 1. The van der Waals surface area contributed by atoms with Crippen molar-refractivity contribution in [2.24, 2.45) is 5.92 Å². The number of carbonyl (C=O) groups is 1. The zero-order chi connectivity index (χ0) is 27.6. The number of hydrogen-bond acceptors (Lipinski definition) is 5. The molecular weight excluding hydrogens is 507 g/mol. The molecule has 0 aromatic heterocycles. The van der Waals surface area contributed by atoms with E-state index in [0.29, 0.717) is 30.4 Å². The van der Waals surface area contributed by atoms with Crippen LogP contribution in [0.25, 0.3) is 0 Å². The molecule has 9 heteroatoms. The Morgan fingerprint density at radius 2 is 1.85 bits per heavy atom. The molecule has 3 aliphatic heterocycles. The first-order valence-corrected chi connectivity index (χ1v) is 13.9. The first-order chi connectivity index (χ1) is 18.7. The molecule has 0 saturated carbocycles. The van der Waals surface area contributed by atoms with Gasteiger partial charge in [0.2, 0.25) is 5.91 Å². The van der Waals surface area contributed by atoms with Crippen LogP contribution in [0.3, 0.4) is 0 Å². The highest BCUT2D eigenvalue weighted by Gasteiger charge is 2.44. The van der Waals surface area contributed by atoms with E-state index in [9.17, 15) is 18.0 Å². The molecule has 39 heavy (non-hydrogen) atoms. The maximum Gasteiger partial charge on any atom is 0.416 e. The molecule has 3 heterocycles. The second kappa shape index (κ2) is 11.9. The van der Waals surface area contributed by atoms with Crippen molar-refractivity contribution >= 4 is 11.6 Å². The van der Waals surface area contributed by atoms with Gasteiger partial charge in [-0.3, -0.25) is 9.69 Å². The molecular formula is C30H38F3N3O3. The molecule has 0 spiro atoms. The highest BCUT2D eigenvalue weighted by molar-refractivity contribution is 5.73. The summed E-state index contributed by atoms with van der Waals surface area (Å²) < 4.78 is 53.1. The van der Waals surface area contributed by atoms with Crippen LogP contribution in [0.2, 0.25) is 0 Å². The van der Waals surface area contributed by atoms with Crippen LogP contribution in [0.5, 0.6) is 0 Å². The van der Waals surface area contributed by atoms with E-state index in [1.165, 1.54) is 6.07 Å². The third kappa shape index (κ3) is 6.26. The molecule has 2 fully saturated rings. The molecule has 2 aromatic carbocycles. The van der Waals surface area contributed by atoms with Crippen LogP contribution in [-0.2, 0) is 20.4 Å². The van der Waals surface area contributed by atoms with Crippen molar-refractivity contribution in [3.05, 3.63) is 65.2 Å². The van der Waals surface area contributed by atoms with Crippen LogP contribution in [0, 0.1) is 5.92 Å². The van der Waals surface area contributed by atoms with Crippen molar-refractivity contribution in [2.45, 2.75) is 63.1 Å². The average Bonchev–Trinajstić information content (AvgIpc) is 2.94. The lowest BCUT2D eigenvalue weighted by Gasteiger charge is -2.47. The molecule has 2 aromatic rings. The SMILES string of the molecule is COCCN(C[C@H]1CC[C@@H]2[C@H](O1)c1cc(C(F)(F)F)ccc1N[C@H]2c1ccccc1)C1CCN(C(C)=O)CC1. The van der Waals surface area contributed by atoms with Gasteiger partial charge in [0, 0.05) is 63.4 Å². The number of alkyl halides is 3. The number of fused-ring (bicyclic) bond motifs is 3. The molecule has 3 aliphatic rings. The number of halogens is 3. The number of nitrogens with one attached hydrogen (secondary N) is 1. The third-order valence-corrected chi connectivity index (χ3v) is 8.58. The first kappa shape index (κ1) is 27.9. The molecule has 0 unspecified atom stereocenters. The number of anilines is 1. The fraction of sp³-hybridized carbons (Fsp3) is 0.567. The van der Waals surface area contributed by atoms with E-state index in [-0.39, 0.29) is 24.0 Å². The van der Waals surface area contributed by atoms with Gasteiger partial charge in [-0.05, 0) is 49.4 Å². The predicted octanol–water partition coefficient (Wildman–Crippen LogP) is 5.67. The van der Waals surface area contributed by atoms with E-state index in [1.54, 1.807) is 20.1 Å². The molecule has 5 rings (SSSR count). The van der Waals surface area contributed by atoms with Crippen LogP contribution >= 0.6 is 0 Å². The summed E-state index contributed by atoms with van der Waals surface area (Å²) in [6.45, 7) is 5.10. The number of ether oxygens (including phenoxy) is 2. The Morgan fingerprint density at radius 1 is 1.10 bits per heavy atom. The minimum Gasteiger partial charge on any atom is -0.383 e.